The number of amides is 1. The Bertz CT molecular complexity index is 828. The predicted octanol–water partition coefficient (Wildman–Crippen LogP) is 3.56. The molecule has 1 aliphatic heterocycles. The predicted molar refractivity (Wildman–Crippen MR) is 112 cm³/mol. The summed E-state index contributed by atoms with van der Waals surface area (Å²) in [6, 6.07) is 5.10. The SMILES string of the molecule is Cc1nccn1-c1ccc(CNC(=O)[C@@]23CCCC[C@H]2CNC3)cc1F.Cl.Cl. The zero-order valence-electron chi connectivity index (χ0n) is 15.9. The number of nitrogens with zero attached hydrogens (tertiary/aromatic N) is 2. The second-order valence-electron chi connectivity index (χ2n) is 7.54. The van der Waals surface area contributed by atoms with Crippen molar-refractivity contribution in [2.45, 2.75) is 39.2 Å². The third kappa shape index (κ3) is 4.04. The van der Waals surface area contributed by atoms with Gasteiger partial charge in [0.25, 0.3) is 0 Å². The number of aromatic nitrogens is 2. The van der Waals surface area contributed by atoms with E-state index >= 15 is 0 Å². The summed E-state index contributed by atoms with van der Waals surface area (Å²) in [5.74, 6) is 0.969. The number of carbonyl (C=O) groups is 1. The first-order valence-corrected chi connectivity index (χ1v) is 9.38. The Morgan fingerprint density at radius 1 is 1.39 bits per heavy atom. The van der Waals surface area contributed by atoms with Crippen LogP contribution >= 0.6 is 24.8 Å². The van der Waals surface area contributed by atoms with Gasteiger partial charge < -0.3 is 15.2 Å². The van der Waals surface area contributed by atoms with E-state index in [1.54, 1.807) is 23.0 Å². The second-order valence-corrected chi connectivity index (χ2v) is 7.54. The Hall–Kier alpha value is -1.63. The lowest BCUT2D eigenvalue weighted by atomic mass is 9.67. The summed E-state index contributed by atoms with van der Waals surface area (Å²) < 4.78 is 16.2. The fourth-order valence-corrected chi connectivity index (χ4v) is 4.54. The average Bonchev–Trinajstić information content (AvgIpc) is 3.26. The minimum Gasteiger partial charge on any atom is -0.351 e. The van der Waals surface area contributed by atoms with Crippen molar-refractivity contribution in [3.8, 4) is 5.69 Å². The maximum atomic E-state index is 14.5. The summed E-state index contributed by atoms with van der Waals surface area (Å²) in [4.78, 5) is 17.0. The van der Waals surface area contributed by atoms with Crippen molar-refractivity contribution in [2.75, 3.05) is 13.1 Å². The Morgan fingerprint density at radius 3 is 2.93 bits per heavy atom. The molecule has 8 heteroatoms. The van der Waals surface area contributed by atoms with Gasteiger partial charge >= 0.3 is 0 Å². The molecule has 2 aliphatic rings. The molecule has 1 saturated heterocycles. The second kappa shape index (κ2) is 9.25. The van der Waals surface area contributed by atoms with Crippen molar-refractivity contribution in [3.05, 3.63) is 47.8 Å². The van der Waals surface area contributed by atoms with E-state index in [-0.39, 0.29) is 42.0 Å². The molecule has 0 spiro atoms. The third-order valence-electron chi connectivity index (χ3n) is 6.04. The number of nitrogens with one attached hydrogen (secondary N) is 2. The lowest BCUT2D eigenvalue weighted by molar-refractivity contribution is -0.134. The van der Waals surface area contributed by atoms with Crippen molar-refractivity contribution >= 4 is 30.7 Å². The van der Waals surface area contributed by atoms with E-state index in [1.165, 1.54) is 12.5 Å². The van der Waals surface area contributed by atoms with Crippen molar-refractivity contribution in [2.24, 2.45) is 11.3 Å². The van der Waals surface area contributed by atoms with Gasteiger partial charge in [0.2, 0.25) is 5.91 Å². The zero-order chi connectivity index (χ0) is 18.1. The van der Waals surface area contributed by atoms with Crippen LogP contribution in [0.25, 0.3) is 5.69 Å². The molecule has 1 aliphatic carbocycles. The monoisotopic (exact) mass is 428 g/mol. The number of imidazole rings is 1. The quantitative estimate of drug-likeness (QED) is 0.782. The normalized spacial score (nSPS) is 23.3. The highest BCUT2D eigenvalue weighted by Gasteiger charge is 2.49. The molecular formula is C20H27Cl2FN4O. The van der Waals surface area contributed by atoms with Gasteiger partial charge in [-0.15, -0.1) is 24.8 Å². The van der Waals surface area contributed by atoms with Crippen molar-refractivity contribution in [1.82, 2.24) is 20.2 Å². The molecule has 0 bridgehead atoms. The van der Waals surface area contributed by atoms with Crippen molar-refractivity contribution in [3.63, 3.8) is 0 Å². The van der Waals surface area contributed by atoms with Crippen LogP contribution in [0.1, 0.15) is 37.1 Å². The minimum absolute atomic E-state index is 0. The lowest BCUT2D eigenvalue weighted by Gasteiger charge is -2.37. The van der Waals surface area contributed by atoms with Crippen LogP contribution in [0.2, 0.25) is 0 Å². The minimum atomic E-state index is -0.311. The van der Waals surface area contributed by atoms with Gasteiger partial charge in [-0.3, -0.25) is 4.79 Å². The van der Waals surface area contributed by atoms with Crippen LogP contribution in [0.4, 0.5) is 4.39 Å². The molecule has 5 nitrogen and oxygen atoms in total. The fraction of sp³-hybridized carbons (Fsp3) is 0.500. The first-order valence-electron chi connectivity index (χ1n) is 9.38. The van der Waals surface area contributed by atoms with Gasteiger partial charge in [0.15, 0.2) is 0 Å². The molecule has 154 valence electrons. The van der Waals surface area contributed by atoms with Crippen molar-refractivity contribution < 1.29 is 9.18 Å². The number of hydrogen-bond donors (Lipinski definition) is 2. The standard InChI is InChI=1S/C20H25FN4O.2ClH/c1-14-23-8-9-25(14)18-6-5-15(10-17(18)21)11-24-19(26)20-7-3-2-4-16(20)12-22-13-20;;/h5-6,8-10,16,22H,2-4,7,11-13H2,1H3,(H,24,26);2*1H/t16-,20+;;/m0../s1. The molecule has 2 heterocycles. The zero-order valence-corrected chi connectivity index (χ0v) is 17.5. The molecule has 0 radical (unpaired) electrons. The van der Waals surface area contributed by atoms with Crippen LogP contribution in [-0.2, 0) is 11.3 Å². The Balaban J connectivity index is 0.00000140. The maximum absolute atomic E-state index is 14.5. The van der Waals surface area contributed by atoms with Crippen LogP contribution in [-0.4, -0.2) is 28.5 Å². The van der Waals surface area contributed by atoms with Gasteiger partial charge in [0.1, 0.15) is 11.6 Å². The van der Waals surface area contributed by atoms with E-state index in [0.29, 0.717) is 18.2 Å². The van der Waals surface area contributed by atoms with Crippen LogP contribution in [0.5, 0.6) is 0 Å². The molecule has 1 aromatic carbocycles. The summed E-state index contributed by atoms with van der Waals surface area (Å²) in [5, 5.41) is 6.45. The van der Waals surface area contributed by atoms with Gasteiger partial charge in [-0.05, 0) is 49.9 Å². The molecule has 28 heavy (non-hydrogen) atoms. The molecule has 4 rings (SSSR count). The van der Waals surface area contributed by atoms with E-state index in [9.17, 15) is 9.18 Å². The van der Waals surface area contributed by atoms with Gasteiger partial charge in [-0.2, -0.15) is 0 Å². The molecule has 2 fully saturated rings. The van der Waals surface area contributed by atoms with Gasteiger partial charge in [0.05, 0.1) is 11.1 Å². The highest BCUT2D eigenvalue weighted by molar-refractivity contribution is 5.85. The molecule has 2 aromatic rings. The summed E-state index contributed by atoms with van der Waals surface area (Å²) in [7, 11) is 0. The smallest absolute Gasteiger partial charge is 0.228 e. The number of halogens is 3. The Kier molecular flexibility index (Phi) is 7.48. The Morgan fingerprint density at radius 2 is 2.21 bits per heavy atom. The van der Waals surface area contributed by atoms with Crippen molar-refractivity contribution in [1.29, 1.82) is 0 Å². The summed E-state index contributed by atoms with van der Waals surface area (Å²) in [6.07, 6.45) is 7.78. The largest absolute Gasteiger partial charge is 0.351 e. The molecule has 1 amide bonds. The lowest BCUT2D eigenvalue weighted by Crippen LogP contribution is -2.47. The number of aryl methyl sites for hydroxylation is 1. The summed E-state index contributed by atoms with van der Waals surface area (Å²) in [5.41, 5.74) is 0.970. The molecule has 2 N–H and O–H groups in total. The maximum Gasteiger partial charge on any atom is 0.228 e. The van der Waals surface area contributed by atoms with E-state index in [0.717, 1.165) is 43.7 Å². The fourth-order valence-electron chi connectivity index (χ4n) is 4.54. The molecule has 1 aromatic heterocycles. The van der Waals surface area contributed by atoms with E-state index in [1.807, 2.05) is 13.0 Å². The molecule has 1 saturated carbocycles. The van der Waals surface area contributed by atoms with Gasteiger partial charge in [-0.1, -0.05) is 18.9 Å². The number of fused-ring (bicyclic) bond motifs is 1. The molecule has 2 atom stereocenters. The van der Waals surface area contributed by atoms with Gasteiger partial charge in [-0.25, -0.2) is 9.37 Å². The average molecular weight is 429 g/mol. The number of rotatable bonds is 4. The molecule has 0 unspecified atom stereocenters. The highest BCUT2D eigenvalue weighted by Crippen LogP contribution is 2.43. The van der Waals surface area contributed by atoms with E-state index in [2.05, 4.69) is 15.6 Å². The number of carbonyl (C=O) groups excluding carboxylic acids is 1. The summed E-state index contributed by atoms with van der Waals surface area (Å²) in [6.45, 7) is 3.88. The number of hydrogen-bond acceptors (Lipinski definition) is 3. The van der Waals surface area contributed by atoms with Crippen LogP contribution in [0.3, 0.4) is 0 Å². The molecular weight excluding hydrogens is 402 g/mol. The first kappa shape index (κ1) is 22.7. The summed E-state index contributed by atoms with van der Waals surface area (Å²) >= 11 is 0. The highest BCUT2D eigenvalue weighted by atomic mass is 35.5. The van der Waals surface area contributed by atoms with E-state index in [4.69, 9.17) is 0 Å². The topological polar surface area (TPSA) is 59.0 Å². The van der Waals surface area contributed by atoms with Crippen LogP contribution in [0.15, 0.2) is 30.6 Å². The van der Waals surface area contributed by atoms with Crippen LogP contribution < -0.4 is 10.6 Å². The number of benzene rings is 1. The first-order chi connectivity index (χ1) is 12.6. The van der Waals surface area contributed by atoms with E-state index < -0.39 is 0 Å². The third-order valence-corrected chi connectivity index (χ3v) is 6.04. The van der Waals surface area contributed by atoms with Gasteiger partial charge in [0, 0.05) is 25.5 Å². The van der Waals surface area contributed by atoms with Crippen LogP contribution in [0, 0.1) is 24.1 Å². The Labute approximate surface area is 177 Å².